The van der Waals surface area contributed by atoms with Crippen molar-refractivity contribution in [1.29, 1.82) is 0 Å². The lowest BCUT2D eigenvalue weighted by Gasteiger charge is -2.09. The maximum Gasteiger partial charge on any atom is 0.251 e. The zero-order chi connectivity index (χ0) is 22.0. The molecule has 0 atom stereocenters. The van der Waals surface area contributed by atoms with E-state index in [1.54, 1.807) is 12.1 Å². The van der Waals surface area contributed by atoms with Crippen molar-refractivity contribution >= 4 is 16.8 Å². The number of hydrogen-bond donors (Lipinski definition) is 1. The summed E-state index contributed by atoms with van der Waals surface area (Å²) in [6, 6.07) is 19.6. The molecule has 0 saturated heterocycles. The molecule has 31 heavy (non-hydrogen) atoms. The van der Waals surface area contributed by atoms with E-state index in [0.29, 0.717) is 30.1 Å². The van der Waals surface area contributed by atoms with Gasteiger partial charge in [0.15, 0.2) is 11.6 Å². The first-order valence-electron chi connectivity index (χ1n) is 10.3. The first kappa shape index (κ1) is 20.8. The van der Waals surface area contributed by atoms with Crippen LogP contribution in [0.1, 0.15) is 46.8 Å². The number of nitrogens with one attached hydrogen (secondary N) is 1. The van der Waals surface area contributed by atoms with Gasteiger partial charge in [0.25, 0.3) is 5.91 Å². The monoisotopic (exact) mass is 418 g/mol. The van der Waals surface area contributed by atoms with Crippen LogP contribution >= 0.6 is 0 Å². The van der Waals surface area contributed by atoms with Crippen LogP contribution < -0.4 is 5.32 Å². The Kier molecular flexibility index (Phi) is 5.85. The number of rotatable bonds is 6. The predicted molar refractivity (Wildman–Crippen MR) is 119 cm³/mol. The number of nitrogens with zero attached hydrogens (tertiary/aromatic N) is 1. The molecule has 0 saturated carbocycles. The smallest absolute Gasteiger partial charge is 0.251 e. The summed E-state index contributed by atoms with van der Waals surface area (Å²) in [6.45, 7) is 5.18. The second-order valence-electron chi connectivity index (χ2n) is 8.04. The number of amides is 1. The first-order chi connectivity index (χ1) is 14.9. The van der Waals surface area contributed by atoms with Crippen molar-refractivity contribution in [3.8, 4) is 0 Å². The Labute approximate surface area is 180 Å². The van der Waals surface area contributed by atoms with E-state index in [4.69, 9.17) is 0 Å². The Bertz CT molecular complexity index is 1230. The summed E-state index contributed by atoms with van der Waals surface area (Å²) in [5.41, 5.74) is 4.49. The zero-order valence-electron chi connectivity index (χ0n) is 17.5. The molecule has 0 aliphatic carbocycles. The van der Waals surface area contributed by atoms with Crippen LogP contribution in [0.2, 0.25) is 0 Å². The summed E-state index contributed by atoms with van der Waals surface area (Å²) in [6.07, 6.45) is 1.88. The molecule has 3 aromatic carbocycles. The summed E-state index contributed by atoms with van der Waals surface area (Å²) in [7, 11) is 0. The highest BCUT2D eigenvalue weighted by molar-refractivity contribution is 5.98. The van der Waals surface area contributed by atoms with Gasteiger partial charge in [-0.15, -0.1) is 0 Å². The lowest BCUT2D eigenvalue weighted by Crippen LogP contribution is -2.22. The van der Waals surface area contributed by atoms with Gasteiger partial charge in [-0.05, 0) is 59.0 Å². The molecule has 1 aromatic heterocycles. The Morgan fingerprint density at radius 2 is 1.65 bits per heavy atom. The molecule has 1 N–H and O–H groups in total. The molecule has 4 aromatic rings. The van der Waals surface area contributed by atoms with Crippen molar-refractivity contribution in [3.05, 3.63) is 107 Å². The molecule has 0 fully saturated rings. The number of fused-ring (bicyclic) bond motifs is 1. The van der Waals surface area contributed by atoms with Gasteiger partial charge in [-0.25, -0.2) is 8.78 Å². The third-order valence-corrected chi connectivity index (χ3v) is 5.47. The highest BCUT2D eigenvalue weighted by Gasteiger charge is 2.10. The van der Waals surface area contributed by atoms with Crippen molar-refractivity contribution in [1.82, 2.24) is 9.88 Å². The van der Waals surface area contributed by atoms with Crippen LogP contribution in [0, 0.1) is 11.6 Å². The van der Waals surface area contributed by atoms with E-state index in [1.807, 2.05) is 41.1 Å². The third kappa shape index (κ3) is 4.66. The summed E-state index contributed by atoms with van der Waals surface area (Å²) in [5, 5.41) is 3.88. The molecular weight excluding hydrogens is 394 g/mol. The van der Waals surface area contributed by atoms with Gasteiger partial charge in [-0.1, -0.05) is 44.2 Å². The van der Waals surface area contributed by atoms with Gasteiger partial charge in [-0.2, -0.15) is 0 Å². The van der Waals surface area contributed by atoms with Crippen LogP contribution in [-0.2, 0) is 13.1 Å². The SMILES string of the molecule is CC(C)c1ccc(CNC(=O)c2ccc3c(ccn3Cc3ccc(F)c(F)c3)c2)cc1. The van der Waals surface area contributed by atoms with E-state index in [-0.39, 0.29) is 5.91 Å². The van der Waals surface area contributed by atoms with Gasteiger partial charge in [0, 0.05) is 35.8 Å². The van der Waals surface area contributed by atoms with E-state index >= 15 is 0 Å². The number of halogens is 2. The van der Waals surface area contributed by atoms with Gasteiger partial charge in [0.2, 0.25) is 0 Å². The fraction of sp³-hybridized carbons (Fsp3) is 0.192. The van der Waals surface area contributed by atoms with Crippen molar-refractivity contribution in [2.24, 2.45) is 0 Å². The fourth-order valence-corrected chi connectivity index (χ4v) is 3.62. The van der Waals surface area contributed by atoms with Crippen LogP contribution in [0.25, 0.3) is 10.9 Å². The first-order valence-corrected chi connectivity index (χ1v) is 10.3. The van der Waals surface area contributed by atoms with Gasteiger partial charge >= 0.3 is 0 Å². The molecule has 158 valence electrons. The Morgan fingerprint density at radius 3 is 2.35 bits per heavy atom. The minimum atomic E-state index is -0.855. The maximum absolute atomic E-state index is 13.5. The molecule has 3 nitrogen and oxygen atoms in total. The zero-order valence-corrected chi connectivity index (χ0v) is 17.5. The summed E-state index contributed by atoms with van der Waals surface area (Å²) >= 11 is 0. The van der Waals surface area contributed by atoms with Gasteiger partial charge in [0.1, 0.15) is 0 Å². The molecule has 4 rings (SSSR count). The molecule has 0 unspecified atom stereocenters. The van der Waals surface area contributed by atoms with E-state index in [9.17, 15) is 13.6 Å². The summed E-state index contributed by atoms with van der Waals surface area (Å²) in [5.74, 6) is -1.37. The number of carbonyl (C=O) groups is 1. The normalized spacial score (nSPS) is 11.3. The third-order valence-electron chi connectivity index (χ3n) is 5.47. The average molecular weight is 418 g/mol. The van der Waals surface area contributed by atoms with Crippen LogP contribution in [0.3, 0.4) is 0 Å². The maximum atomic E-state index is 13.5. The van der Waals surface area contributed by atoms with Gasteiger partial charge in [0.05, 0.1) is 0 Å². The Hall–Kier alpha value is -3.47. The molecule has 0 aliphatic heterocycles. The number of hydrogen-bond acceptors (Lipinski definition) is 1. The molecular formula is C26H24F2N2O. The number of benzene rings is 3. The van der Waals surface area contributed by atoms with Crippen molar-refractivity contribution in [3.63, 3.8) is 0 Å². The Balaban J connectivity index is 1.45. The summed E-state index contributed by atoms with van der Waals surface area (Å²) in [4.78, 5) is 12.6. The quantitative estimate of drug-likeness (QED) is 0.408. The van der Waals surface area contributed by atoms with Crippen LogP contribution in [0.4, 0.5) is 8.78 Å². The van der Waals surface area contributed by atoms with Gasteiger partial charge in [-0.3, -0.25) is 4.79 Å². The molecule has 0 bridgehead atoms. The minimum Gasteiger partial charge on any atom is -0.348 e. The minimum absolute atomic E-state index is 0.136. The molecule has 0 spiro atoms. The van der Waals surface area contributed by atoms with E-state index in [2.05, 4.69) is 31.3 Å². The van der Waals surface area contributed by atoms with E-state index < -0.39 is 11.6 Å². The standard InChI is InChI=1S/C26H24F2N2O/c1-17(2)20-6-3-18(4-7-20)15-29-26(31)22-8-10-25-21(14-22)11-12-30(25)16-19-5-9-23(27)24(28)13-19/h3-14,17H,15-16H2,1-2H3,(H,29,31). The number of carbonyl (C=O) groups excluding carboxylic acids is 1. The molecule has 0 aliphatic rings. The molecule has 1 amide bonds. The lowest BCUT2D eigenvalue weighted by molar-refractivity contribution is 0.0951. The topological polar surface area (TPSA) is 34.0 Å². The number of aromatic nitrogens is 1. The molecule has 5 heteroatoms. The van der Waals surface area contributed by atoms with E-state index in [1.165, 1.54) is 11.6 Å². The Morgan fingerprint density at radius 1 is 0.903 bits per heavy atom. The summed E-state index contributed by atoms with van der Waals surface area (Å²) < 4.78 is 28.6. The molecule has 0 radical (unpaired) electrons. The molecule has 1 heterocycles. The van der Waals surface area contributed by atoms with Crippen LogP contribution in [0.5, 0.6) is 0 Å². The highest BCUT2D eigenvalue weighted by Crippen LogP contribution is 2.20. The predicted octanol–water partition coefficient (Wildman–Crippen LogP) is 6.02. The largest absolute Gasteiger partial charge is 0.348 e. The fourth-order valence-electron chi connectivity index (χ4n) is 3.62. The van der Waals surface area contributed by atoms with Crippen molar-refractivity contribution in [2.75, 3.05) is 0 Å². The average Bonchev–Trinajstić information content (AvgIpc) is 3.17. The second kappa shape index (κ2) is 8.72. The van der Waals surface area contributed by atoms with Gasteiger partial charge < -0.3 is 9.88 Å². The second-order valence-corrected chi connectivity index (χ2v) is 8.04. The van der Waals surface area contributed by atoms with Crippen molar-refractivity contribution in [2.45, 2.75) is 32.9 Å². The lowest BCUT2D eigenvalue weighted by atomic mass is 10.0. The van der Waals surface area contributed by atoms with Crippen LogP contribution in [0.15, 0.2) is 72.9 Å². The van der Waals surface area contributed by atoms with E-state index in [0.717, 1.165) is 22.5 Å². The highest BCUT2D eigenvalue weighted by atomic mass is 19.2. The van der Waals surface area contributed by atoms with Crippen LogP contribution in [-0.4, -0.2) is 10.5 Å². The van der Waals surface area contributed by atoms with Crippen molar-refractivity contribution < 1.29 is 13.6 Å².